The predicted octanol–water partition coefficient (Wildman–Crippen LogP) is 4.63. The average Bonchev–Trinajstić information content (AvgIpc) is 2.56. The Bertz CT molecular complexity index is 724. The van der Waals surface area contributed by atoms with Crippen molar-refractivity contribution in [2.45, 2.75) is 40.0 Å². The maximum atomic E-state index is 12.4. The van der Waals surface area contributed by atoms with E-state index in [1.807, 2.05) is 68.4 Å². The smallest absolute Gasteiger partial charge is 0.230 e. The van der Waals surface area contributed by atoms with Crippen molar-refractivity contribution in [1.29, 1.82) is 0 Å². The molecule has 0 heterocycles. The van der Waals surface area contributed by atoms with Gasteiger partial charge in [-0.2, -0.15) is 0 Å². The van der Waals surface area contributed by atoms with Gasteiger partial charge in [0.1, 0.15) is 0 Å². The van der Waals surface area contributed by atoms with E-state index in [1.165, 1.54) is 0 Å². The minimum atomic E-state index is -0.407. The van der Waals surface area contributed by atoms with Crippen molar-refractivity contribution in [2.75, 3.05) is 10.6 Å². The fraction of sp³-hybridized carbons (Fsp3) is 0.333. The van der Waals surface area contributed by atoms with E-state index >= 15 is 0 Å². The van der Waals surface area contributed by atoms with Crippen LogP contribution in [0.15, 0.2) is 54.6 Å². The Morgan fingerprint density at radius 2 is 1.60 bits per heavy atom. The summed E-state index contributed by atoms with van der Waals surface area (Å²) < 4.78 is 0. The van der Waals surface area contributed by atoms with Gasteiger partial charge in [-0.25, -0.2) is 0 Å². The largest absolute Gasteiger partial charge is 0.326 e. The molecule has 0 fully saturated rings. The highest BCUT2D eigenvalue weighted by atomic mass is 16.2. The summed E-state index contributed by atoms with van der Waals surface area (Å²) in [5, 5.41) is 5.83. The first kappa shape index (κ1) is 18.7. The van der Waals surface area contributed by atoms with Crippen LogP contribution in [0.4, 0.5) is 11.4 Å². The van der Waals surface area contributed by atoms with Crippen LogP contribution in [0.1, 0.15) is 39.2 Å². The summed E-state index contributed by atoms with van der Waals surface area (Å²) in [7, 11) is 0. The van der Waals surface area contributed by atoms with Crippen LogP contribution in [-0.2, 0) is 16.0 Å². The number of carbonyl (C=O) groups excluding carboxylic acids is 2. The number of nitrogens with one attached hydrogen (secondary N) is 2. The lowest BCUT2D eigenvalue weighted by Crippen LogP contribution is -2.30. The maximum absolute atomic E-state index is 12.4. The SMILES string of the molecule is CCCC(C)(C)C(=O)Nc1cccc(CC(=O)Nc2ccccc2)c1. The van der Waals surface area contributed by atoms with Gasteiger partial charge in [-0.15, -0.1) is 0 Å². The second-order valence-electron chi connectivity index (χ2n) is 6.88. The zero-order valence-corrected chi connectivity index (χ0v) is 15.1. The lowest BCUT2D eigenvalue weighted by molar-refractivity contribution is -0.124. The first-order valence-corrected chi connectivity index (χ1v) is 8.66. The molecule has 0 spiro atoms. The molecular weight excluding hydrogens is 312 g/mol. The zero-order chi connectivity index (χ0) is 18.3. The predicted molar refractivity (Wildman–Crippen MR) is 103 cm³/mol. The molecule has 2 rings (SSSR count). The Morgan fingerprint density at radius 1 is 0.920 bits per heavy atom. The van der Waals surface area contributed by atoms with Gasteiger partial charge in [0.05, 0.1) is 6.42 Å². The Labute approximate surface area is 149 Å². The minimum absolute atomic E-state index is 0.000220. The summed E-state index contributed by atoms with van der Waals surface area (Å²) in [4.78, 5) is 24.6. The lowest BCUT2D eigenvalue weighted by atomic mass is 9.87. The molecule has 4 nitrogen and oxygen atoms in total. The van der Waals surface area contributed by atoms with E-state index in [4.69, 9.17) is 0 Å². The highest BCUT2D eigenvalue weighted by Crippen LogP contribution is 2.24. The summed E-state index contributed by atoms with van der Waals surface area (Å²) >= 11 is 0. The molecular formula is C21H26N2O2. The molecule has 2 N–H and O–H groups in total. The number of amides is 2. The fourth-order valence-corrected chi connectivity index (χ4v) is 2.71. The van der Waals surface area contributed by atoms with Crippen molar-refractivity contribution >= 4 is 23.2 Å². The summed E-state index contributed by atoms with van der Waals surface area (Å²) in [6, 6.07) is 16.8. The van der Waals surface area contributed by atoms with Crippen molar-refractivity contribution in [3.8, 4) is 0 Å². The molecule has 0 aliphatic carbocycles. The Kier molecular flexibility index (Phi) is 6.34. The summed E-state index contributed by atoms with van der Waals surface area (Å²) in [6.45, 7) is 5.97. The maximum Gasteiger partial charge on any atom is 0.230 e. The van der Waals surface area contributed by atoms with Gasteiger partial charge in [0.25, 0.3) is 0 Å². The second kappa shape index (κ2) is 8.47. The topological polar surface area (TPSA) is 58.2 Å². The number of carbonyl (C=O) groups is 2. The van der Waals surface area contributed by atoms with E-state index in [1.54, 1.807) is 0 Å². The third-order valence-electron chi connectivity index (χ3n) is 4.10. The van der Waals surface area contributed by atoms with Crippen LogP contribution in [0, 0.1) is 5.41 Å². The molecule has 0 aliphatic rings. The molecule has 2 amide bonds. The molecule has 2 aromatic carbocycles. The fourth-order valence-electron chi connectivity index (χ4n) is 2.71. The number of para-hydroxylation sites is 1. The number of benzene rings is 2. The molecule has 132 valence electrons. The van der Waals surface area contributed by atoms with Gasteiger partial charge < -0.3 is 10.6 Å². The summed E-state index contributed by atoms with van der Waals surface area (Å²) in [5.41, 5.74) is 1.95. The van der Waals surface area contributed by atoms with Gasteiger partial charge in [-0.3, -0.25) is 9.59 Å². The van der Waals surface area contributed by atoms with E-state index in [0.717, 1.165) is 29.8 Å². The van der Waals surface area contributed by atoms with Crippen LogP contribution in [0.5, 0.6) is 0 Å². The molecule has 0 aromatic heterocycles. The Hall–Kier alpha value is -2.62. The van der Waals surface area contributed by atoms with Crippen LogP contribution in [0.25, 0.3) is 0 Å². The van der Waals surface area contributed by atoms with E-state index in [9.17, 15) is 9.59 Å². The summed E-state index contributed by atoms with van der Waals surface area (Å²) in [6.07, 6.45) is 2.05. The number of rotatable bonds is 7. The van der Waals surface area contributed by atoms with Gasteiger partial charge in [-0.05, 0) is 36.2 Å². The van der Waals surface area contributed by atoms with Crippen molar-refractivity contribution in [1.82, 2.24) is 0 Å². The van der Waals surface area contributed by atoms with Gasteiger partial charge in [0, 0.05) is 16.8 Å². The van der Waals surface area contributed by atoms with Crippen LogP contribution < -0.4 is 10.6 Å². The number of hydrogen-bond acceptors (Lipinski definition) is 2. The second-order valence-corrected chi connectivity index (χ2v) is 6.88. The average molecular weight is 338 g/mol. The molecule has 2 aromatic rings. The minimum Gasteiger partial charge on any atom is -0.326 e. The van der Waals surface area contributed by atoms with Gasteiger partial charge in [0.15, 0.2) is 0 Å². The van der Waals surface area contributed by atoms with Crippen LogP contribution in [-0.4, -0.2) is 11.8 Å². The number of anilines is 2. The highest BCUT2D eigenvalue weighted by molar-refractivity contribution is 5.95. The highest BCUT2D eigenvalue weighted by Gasteiger charge is 2.26. The van der Waals surface area contributed by atoms with Crippen molar-refractivity contribution in [3.05, 3.63) is 60.2 Å². The Morgan fingerprint density at radius 3 is 2.28 bits per heavy atom. The molecule has 0 saturated carbocycles. The quantitative estimate of drug-likeness (QED) is 0.773. The molecule has 0 bridgehead atoms. The van der Waals surface area contributed by atoms with Gasteiger partial charge in [0.2, 0.25) is 11.8 Å². The van der Waals surface area contributed by atoms with E-state index in [0.29, 0.717) is 0 Å². The standard InChI is InChI=1S/C21H26N2O2/c1-4-13-21(2,3)20(25)23-18-12-8-9-16(14-18)15-19(24)22-17-10-6-5-7-11-17/h5-12,14H,4,13,15H2,1-3H3,(H,22,24)(H,23,25). The monoisotopic (exact) mass is 338 g/mol. The van der Waals surface area contributed by atoms with E-state index < -0.39 is 5.41 Å². The first-order chi connectivity index (χ1) is 11.9. The zero-order valence-electron chi connectivity index (χ0n) is 15.1. The third kappa shape index (κ3) is 5.75. The van der Waals surface area contributed by atoms with Crippen molar-refractivity contribution < 1.29 is 9.59 Å². The normalized spacial score (nSPS) is 11.0. The molecule has 0 saturated heterocycles. The van der Waals surface area contributed by atoms with E-state index in [2.05, 4.69) is 17.6 Å². The molecule has 4 heteroatoms. The van der Waals surface area contributed by atoms with Gasteiger partial charge >= 0.3 is 0 Å². The first-order valence-electron chi connectivity index (χ1n) is 8.66. The summed E-state index contributed by atoms with van der Waals surface area (Å²) in [5.74, 6) is -0.0822. The van der Waals surface area contributed by atoms with Crippen molar-refractivity contribution in [3.63, 3.8) is 0 Å². The van der Waals surface area contributed by atoms with Gasteiger partial charge in [-0.1, -0.05) is 57.5 Å². The molecule has 0 atom stereocenters. The van der Waals surface area contributed by atoms with Crippen LogP contribution in [0.3, 0.4) is 0 Å². The molecule has 25 heavy (non-hydrogen) atoms. The van der Waals surface area contributed by atoms with Crippen molar-refractivity contribution in [2.24, 2.45) is 5.41 Å². The molecule has 0 unspecified atom stereocenters. The Balaban J connectivity index is 1.99. The third-order valence-corrected chi connectivity index (χ3v) is 4.10. The molecule has 0 aliphatic heterocycles. The molecule has 0 radical (unpaired) electrons. The number of hydrogen-bond donors (Lipinski definition) is 2. The van der Waals surface area contributed by atoms with E-state index in [-0.39, 0.29) is 18.2 Å². The lowest BCUT2D eigenvalue weighted by Gasteiger charge is -2.23. The van der Waals surface area contributed by atoms with Crippen LogP contribution in [0.2, 0.25) is 0 Å². The van der Waals surface area contributed by atoms with Crippen LogP contribution >= 0.6 is 0 Å².